The SMILES string of the molecule is C=C(N=C(NC(C)c1ccccc1)c1ccc(N2/C(=C/C=C\CF)Cc3c(-c4ccc(N(C)C5=CCCC=C5)c(-c5cccc6ccccc56)c4)cccc32)cc1)c1ccccc1. The molecule has 0 aromatic heterocycles. The maximum absolute atomic E-state index is 13.5. The number of allylic oxidation sites excluding steroid dienone is 7. The van der Waals surface area contributed by atoms with E-state index in [0.29, 0.717) is 12.1 Å². The van der Waals surface area contributed by atoms with Gasteiger partial charge in [-0.1, -0.05) is 152 Å². The molecule has 1 heterocycles. The van der Waals surface area contributed by atoms with Crippen LogP contribution in [0.5, 0.6) is 0 Å². The third kappa shape index (κ3) is 8.69. The quantitative estimate of drug-likeness (QED) is 0.0984. The fourth-order valence-electron chi connectivity index (χ4n) is 8.79. The predicted molar refractivity (Wildman–Crippen MR) is 265 cm³/mol. The number of nitrogens with zero attached hydrogens (tertiary/aromatic N) is 3. The van der Waals surface area contributed by atoms with Crippen LogP contribution in [0, 0.1) is 0 Å². The summed E-state index contributed by atoms with van der Waals surface area (Å²) >= 11 is 0. The van der Waals surface area contributed by atoms with Crippen molar-refractivity contribution in [3.05, 3.63) is 240 Å². The molecule has 2 aliphatic rings. The van der Waals surface area contributed by atoms with Crippen LogP contribution in [0.25, 0.3) is 38.7 Å². The van der Waals surface area contributed by atoms with E-state index >= 15 is 0 Å². The molecule has 7 aromatic carbocycles. The van der Waals surface area contributed by atoms with E-state index in [-0.39, 0.29) is 6.04 Å². The Hall–Kier alpha value is -7.50. The van der Waals surface area contributed by atoms with Gasteiger partial charge < -0.3 is 15.1 Å². The van der Waals surface area contributed by atoms with Crippen molar-refractivity contribution >= 4 is 39.4 Å². The standard InChI is InChI=1S/C58H51FN4/c1-41(43-19-7-4-8-20-43)60-58(61-42(2)44-21-9-5-10-22-44)46-32-35-49(36-33-46)63-50(27-15-16-38-59)40-55-52(29-18-31-57(55)63)47-34-37-56(62(3)48-25-11-6-12-26-48)54(39-47)53-30-17-24-45-23-13-14-28-51(45)53/h4-5,7-11,13-37,39,42H,1,6,12,38,40H2,2-3H3,(H,60,61)/b16-15-,50-27+. The molecule has 7 aromatic rings. The Balaban J connectivity index is 1.12. The number of aliphatic imine (C=N–C) groups is 1. The van der Waals surface area contributed by atoms with Gasteiger partial charge in [0.05, 0.1) is 11.4 Å². The summed E-state index contributed by atoms with van der Waals surface area (Å²) in [5.74, 6) is 0.740. The Bertz CT molecular complexity index is 2920. The minimum absolute atomic E-state index is 0.00526. The first-order valence-corrected chi connectivity index (χ1v) is 21.8. The number of halogens is 1. The Morgan fingerprint density at radius 3 is 2.29 bits per heavy atom. The molecule has 9 rings (SSSR count). The largest absolute Gasteiger partial charge is 0.363 e. The number of hydrogen-bond donors (Lipinski definition) is 1. The van der Waals surface area contributed by atoms with Crippen LogP contribution >= 0.6 is 0 Å². The summed E-state index contributed by atoms with van der Waals surface area (Å²) < 4.78 is 13.5. The van der Waals surface area contributed by atoms with Gasteiger partial charge in [-0.25, -0.2) is 9.38 Å². The average Bonchev–Trinajstić information content (AvgIpc) is 3.72. The van der Waals surface area contributed by atoms with E-state index in [4.69, 9.17) is 4.99 Å². The number of alkyl halides is 1. The summed E-state index contributed by atoms with van der Waals surface area (Å²) in [6.07, 6.45) is 15.0. The van der Waals surface area contributed by atoms with Crippen LogP contribution in [0.2, 0.25) is 0 Å². The van der Waals surface area contributed by atoms with Crippen molar-refractivity contribution in [2.45, 2.75) is 32.2 Å². The topological polar surface area (TPSA) is 30.9 Å². The monoisotopic (exact) mass is 822 g/mol. The Kier molecular flexibility index (Phi) is 12.1. The van der Waals surface area contributed by atoms with Crippen molar-refractivity contribution < 1.29 is 4.39 Å². The summed E-state index contributed by atoms with van der Waals surface area (Å²) in [6.45, 7) is 5.97. The second-order valence-corrected chi connectivity index (χ2v) is 16.1. The predicted octanol–water partition coefficient (Wildman–Crippen LogP) is 14.7. The van der Waals surface area contributed by atoms with Gasteiger partial charge in [0.25, 0.3) is 0 Å². The average molecular weight is 823 g/mol. The van der Waals surface area contributed by atoms with Crippen molar-refractivity contribution in [2.24, 2.45) is 4.99 Å². The lowest BCUT2D eigenvalue weighted by Crippen LogP contribution is -2.27. The van der Waals surface area contributed by atoms with Gasteiger partial charge in [-0.15, -0.1) is 0 Å². The Morgan fingerprint density at radius 1 is 0.778 bits per heavy atom. The zero-order chi connectivity index (χ0) is 43.1. The zero-order valence-electron chi connectivity index (χ0n) is 35.9. The zero-order valence-corrected chi connectivity index (χ0v) is 35.9. The lowest BCUT2D eigenvalue weighted by atomic mass is 9.91. The maximum atomic E-state index is 13.5. The van der Waals surface area contributed by atoms with Gasteiger partial charge in [-0.2, -0.15) is 0 Å². The Morgan fingerprint density at radius 2 is 1.51 bits per heavy atom. The number of benzene rings is 7. The van der Waals surface area contributed by atoms with Gasteiger partial charge in [-0.05, 0) is 119 Å². The lowest BCUT2D eigenvalue weighted by molar-refractivity contribution is 0.562. The van der Waals surface area contributed by atoms with Crippen LogP contribution in [-0.4, -0.2) is 19.6 Å². The number of amidine groups is 1. The van der Waals surface area contributed by atoms with Gasteiger partial charge in [0.2, 0.25) is 0 Å². The molecule has 1 aliphatic carbocycles. The minimum atomic E-state index is -0.522. The van der Waals surface area contributed by atoms with E-state index in [1.54, 1.807) is 6.08 Å². The number of fused-ring (bicyclic) bond motifs is 2. The second-order valence-electron chi connectivity index (χ2n) is 16.1. The molecule has 0 saturated heterocycles. The van der Waals surface area contributed by atoms with Crippen molar-refractivity contribution in [3.8, 4) is 22.3 Å². The molecule has 1 N–H and O–H groups in total. The summed E-state index contributed by atoms with van der Waals surface area (Å²) in [5, 5.41) is 6.12. The molecule has 0 saturated carbocycles. The number of anilines is 3. The summed E-state index contributed by atoms with van der Waals surface area (Å²) in [7, 11) is 2.17. The highest BCUT2D eigenvalue weighted by Crippen LogP contribution is 2.47. The maximum Gasteiger partial charge on any atom is 0.134 e. The van der Waals surface area contributed by atoms with Crippen molar-refractivity contribution in [3.63, 3.8) is 0 Å². The number of likely N-dealkylation sites (N-methyl/N-ethyl adjacent to an activating group) is 1. The lowest BCUT2D eigenvalue weighted by Gasteiger charge is -2.26. The van der Waals surface area contributed by atoms with Gasteiger partial charge in [-0.3, -0.25) is 0 Å². The van der Waals surface area contributed by atoms with E-state index in [1.807, 2.05) is 48.6 Å². The summed E-state index contributed by atoms with van der Waals surface area (Å²) in [6, 6.07) is 57.7. The highest BCUT2D eigenvalue weighted by Gasteiger charge is 2.28. The molecule has 310 valence electrons. The van der Waals surface area contributed by atoms with E-state index in [1.165, 1.54) is 38.7 Å². The van der Waals surface area contributed by atoms with Crippen molar-refractivity contribution in [1.82, 2.24) is 5.32 Å². The molecule has 0 radical (unpaired) electrons. The van der Waals surface area contributed by atoms with Crippen LogP contribution in [0.15, 0.2) is 223 Å². The molecule has 1 atom stereocenters. The first-order chi connectivity index (χ1) is 31.0. The third-order valence-corrected chi connectivity index (χ3v) is 12.1. The van der Waals surface area contributed by atoms with E-state index < -0.39 is 6.67 Å². The Labute approximate surface area is 371 Å². The smallest absolute Gasteiger partial charge is 0.134 e. The fraction of sp³-hybridized carbons (Fsp3) is 0.121. The fourth-order valence-corrected chi connectivity index (χ4v) is 8.79. The first-order valence-electron chi connectivity index (χ1n) is 21.8. The number of nitrogens with one attached hydrogen (secondary N) is 1. The molecule has 63 heavy (non-hydrogen) atoms. The number of rotatable bonds is 12. The molecule has 1 unspecified atom stereocenters. The molecule has 4 nitrogen and oxygen atoms in total. The molecule has 5 heteroatoms. The molecule has 0 spiro atoms. The second kappa shape index (κ2) is 18.6. The van der Waals surface area contributed by atoms with Crippen LogP contribution in [0.1, 0.15) is 48.1 Å². The van der Waals surface area contributed by atoms with Crippen LogP contribution in [0.4, 0.5) is 21.5 Å². The summed E-state index contributed by atoms with van der Waals surface area (Å²) in [4.78, 5) is 9.70. The van der Waals surface area contributed by atoms with Crippen LogP contribution in [0.3, 0.4) is 0 Å². The highest BCUT2D eigenvalue weighted by atomic mass is 19.1. The molecule has 0 fully saturated rings. The van der Waals surface area contributed by atoms with Gasteiger partial charge in [0.1, 0.15) is 12.5 Å². The molecule has 0 amide bonds. The van der Waals surface area contributed by atoms with E-state index in [9.17, 15) is 4.39 Å². The van der Waals surface area contributed by atoms with E-state index in [2.05, 4.69) is 181 Å². The molecular weight excluding hydrogens is 772 g/mol. The van der Waals surface area contributed by atoms with Gasteiger partial charge in [0.15, 0.2) is 0 Å². The third-order valence-electron chi connectivity index (χ3n) is 12.1. The normalized spacial score (nSPS) is 14.8. The van der Waals surface area contributed by atoms with Crippen LogP contribution in [-0.2, 0) is 6.42 Å². The van der Waals surface area contributed by atoms with Gasteiger partial charge in [0, 0.05) is 53.4 Å². The van der Waals surface area contributed by atoms with Crippen LogP contribution < -0.4 is 15.1 Å². The van der Waals surface area contributed by atoms with Crippen molar-refractivity contribution in [1.29, 1.82) is 0 Å². The highest BCUT2D eigenvalue weighted by molar-refractivity contribution is 6.03. The molecule has 0 bridgehead atoms. The van der Waals surface area contributed by atoms with E-state index in [0.717, 1.165) is 63.7 Å². The molecular formula is C58H51FN4. The molecule has 1 aliphatic heterocycles. The first kappa shape index (κ1) is 40.9. The number of hydrogen-bond acceptors (Lipinski definition) is 3. The summed E-state index contributed by atoms with van der Waals surface area (Å²) in [5.41, 5.74) is 15.2. The van der Waals surface area contributed by atoms with Gasteiger partial charge >= 0.3 is 0 Å². The van der Waals surface area contributed by atoms with Crippen molar-refractivity contribution in [2.75, 3.05) is 23.5 Å². The minimum Gasteiger partial charge on any atom is -0.363 e.